The zero-order chi connectivity index (χ0) is 13.2. The number of ether oxygens (including phenoxy) is 1. The molecule has 1 fully saturated rings. The highest BCUT2D eigenvalue weighted by atomic mass is 16.5. The van der Waals surface area contributed by atoms with E-state index in [4.69, 9.17) is 4.74 Å². The van der Waals surface area contributed by atoms with Crippen molar-refractivity contribution in [2.75, 3.05) is 13.2 Å². The van der Waals surface area contributed by atoms with Crippen LogP contribution in [-0.4, -0.2) is 30.4 Å². The van der Waals surface area contributed by atoms with E-state index in [1.807, 2.05) is 31.2 Å². The number of benzene rings is 1. The fourth-order valence-electron chi connectivity index (χ4n) is 2.06. The zero-order valence-electron chi connectivity index (χ0n) is 11.4. The topological polar surface area (TPSA) is 41.5 Å². The minimum absolute atomic E-state index is 0.338. The van der Waals surface area contributed by atoms with E-state index in [-0.39, 0.29) is 0 Å². The molecule has 18 heavy (non-hydrogen) atoms. The van der Waals surface area contributed by atoms with Crippen molar-refractivity contribution in [3.05, 3.63) is 29.8 Å². The van der Waals surface area contributed by atoms with Crippen LogP contribution in [0.15, 0.2) is 24.3 Å². The second-order valence-electron chi connectivity index (χ2n) is 5.88. The molecule has 0 amide bonds. The van der Waals surface area contributed by atoms with Crippen molar-refractivity contribution in [2.45, 2.75) is 39.3 Å². The predicted molar refractivity (Wildman–Crippen MR) is 72.9 cm³/mol. The lowest BCUT2D eigenvalue weighted by Crippen LogP contribution is -2.34. The number of nitrogens with one attached hydrogen (secondary N) is 1. The Morgan fingerprint density at radius 3 is 2.72 bits per heavy atom. The molecule has 2 N–H and O–H groups in total. The van der Waals surface area contributed by atoms with Crippen molar-refractivity contribution >= 4 is 0 Å². The maximum absolute atomic E-state index is 9.86. The molecule has 2 unspecified atom stereocenters. The highest BCUT2D eigenvalue weighted by molar-refractivity contribution is 5.31. The van der Waals surface area contributed by atoms with Crippen molar-refractivity contribution in [3.63, 3.8) is 0 Å². The molecular weight excluding hydrogens is 226 g/mol. The summed E-state index contributed by atoms with van der Waals surface area (Å²) in [6, 6.07) is 8.41. The van der Waals surface area contributed by atoms with Crippen molar-refractivity contribution in [1.82, 2.24) is 5.32 Å². The van der Waals surface area contributed by atoms with Gasteiger partial charge in [-0.15, -0.1) is 0 Å². The first kappa shape index (κ1) is 13.4. The maximum Gasteiger partial charge on any atom is 0.122 e. The van der Waals surface area contributed by atoms with E-state index in [0.29, 0.717) is 24.6 Å². The van der Waals surface area contributed by atoms with E-state index < -0.39 is 6.10 Å². The standard InChI is InChI=1S/C15H23NO2/c1-11-6-4-5-7-13(11)18-10-12(17)9-16-14-8-15(14,2)3/h4-7,12,14,16-17H,8-10H2,1-3H3. The van der Waals surface area contributed by atoms with Crippen LogP contribution in [-0.2, 0) is 0 Å². The molecule has 1 aliphatic rings. The zero-order valence-corrected chi connectivity index (χ0v) is 11.4. The van der Waals surface area contributed by atoms with E-state index in [1.165, 1.54) is 6.42 Å². The summed E-state index contributed by atoms with van der Waals surface area (Å²) in [6.07, 6.45) is 0.735. The molecule has 3 heteroatoms. The summed E-state index contributed by atoms with van der Waals surface area (Å²) >= 11 is 0. The smallest absolute Gasteiger partial charge is 0.122 e. The normalized spacial score (nSPS) is 22.6. The van der Waals surface area contributed by atoms with E-state index in [1.54, 1.807) is 0 Å². The minimum atomic E-state index is -0.457. The van der Waals surface area contributed by atoms with Gasteiger partial charge in [0.05, 0.1) is 0 Å². The molecule has 0 radical (unpaired) electrons. The Labute approximate surface area is 109 Å². The summed E-state index contributed by atoms with van der Waals surface area (Å²) in [5, 5.41) is 13.2. The lowest BCUT2D eigenvalue weighted by Gasteiger charge is -2.15. The summed E-state index contributed by atoms with van der Waals surface area (Å²) in [6.45, 7) is 7.42. The minimum Gasteiger partial charge on any atom is -0.491 e. The third-order valence-electron chi connectivity index (χ3n) is 3.64. The van der Waals surface area contributed by atoms with Crippen molar-refractivity contribution in [3.8, 4) is 5.75 Å². The van der Waals surface area contributed by atoms with Crippen LogP contribution in [0.3, 0.4) is 0 Å². The van der Waals surface area contributed by atoms with Crippen molar-refractivity contribution in [1.29, 1.82) is 0 Å². The number of rotatable bonds is 6. The number of hydrogen-bond acceptors (Lipinski definition) is 3. The Hall–Kier alpha value is -1.06. The van der Waals surface area contributed by atoms with Crippen molar-refractivity contribution < 1.29 is 9.84 Å². The number of aliphatic hydroxyl groups excluding tert-OH is 1. The van der Waals surface area contributed by atoms with Crippen molar-refractivity contribution in [2.24, 2.45) is 5.41 Å². The predicted octanol–water partition coefficient (Wildman–Crippen LogP) is 2.12. The van der Waals surface area contributed by atoms with Gasteiger partial charge in [-0.3, -0.25) is 0 Å². The number of aryl methyl sites for hydroxylation is 1. The molecule has 1 aromatic rings. The Balaban J connectivity index is 1.69. The van der Waals surface area contributed by atoms with Gasteiger partial charge < -0.3 is 15.2 Å². The highest BCUT2D eigenvalue weighted by Crippen LogP contribution is 2.44. The molecule has 0 spiro atoms. The molecule has 1 saturated carbocycles. The molecule has 100 valence electrons. The van der Waals surface area contributed by atoms with Gasteiger partial charge in [0, 0.05) is 12.6 Å². The molecule has 0 heterocycles. The van der Waals surface area contributed by atoms with E-state index in [2.05, 4.69) is 19.2 Å². The summed E-state index contributed by atoms with van der Waals surface area (Å²) in [7, 11) is 0. The Bertz CT molecular complexity index is 403. The van der Waals surface area contributed by atoms with Gasteiger partial charge in [0.25, 0.3) is 0 Å². The molecule has 0 aliphatic heterocycles. The maximum atomic E-state index is 9.86. The average molecular weight is 249 g/mol. The van der Waals surface area contributed by atoms with Crippen LogP contribution in [0, 0.1) is 12.3 Å². The Kier molecular flexibility index (Phi) is 3.93. The second kappa shape index (κ2) is 5.29. The van der Waals surface area contributed by atoms with Gasteiger partial charge in [0.15, 0.2) is 0 Å². The van der Waals surface area contributed by atoms with Gasteiger partial charge in [0.1, 0.15) is 18.5 Å². The van der Waals surface area contributed by atoms with Crippen LogP contribution < -0.4 is 10.1 Å². The van der Waals surface area contributed by atoms with Gasteiger partial charge in [-0.05, 0) is 30.4 Å². The summed E-state index contributed by atoms with van der Waals surface area (Å²) < 4.78 is 5.61. The first-order chi connectivity index (χ1) is 8.49. The summed E-state index contributed by atoms with van der Waals surface area (Å²) in [4.78, 5) is 0. The molecule has 2 atom stereocenters. The quantitative estimate of drug-likeness (QED) is 0.811. The lowest BCUT2D eigenvalue weighted by molar-refractivity contribution is 0.105. The van der Waals surface area contributed by atoms with Gasteiger partial charge >= 0.3 is 0 Å². The Morgan fingerprint density at radius 1 is 1.44 bits per heavy atom. The van der Waals surface area contributed by atoms with Gasteiger partial charge in [-0.1, -0.05) is 32.0 Å². The number of para-hydroxylation sites is 1. The van der Waals surface area contributed by atoms with Crippen LogP contribution in [0.25, 0.3) is 0 Å². The highest BCUT2D eigenvalue weighted by Gasteiger charge is 2.45. The van der Waals surface area contributed by atoms with E-state index >= 15 is 0 Å². The fourth-order valence-corrected chi connectivity index (χ4v) is 2.06. The first-order valence-electron chi connectivity index (χ1n) is 6.59. The first-order valence-corrected chi connectivity index (χ1v) is 6.59. The SMILES string of the molecule is Cc1ccccc1OCC(O)CNC1CC1(C)C. The molecule has 1 aromatic carbocycles. The van der Waals surface area contributed by atoms with E-state index in [0.717, 1.165) is 11.3 Å². The average Bonchev–Trinajstić information content (AvgIpc) is 2.93. The molecular formula is C15H23NO2. The van der Waals surface area contributed by atoms with Crippen LogP contribution in [0.5, 0.6) is 5.75 Å². The number of aliphatic hydroxyl groups is 1. The largest absolute Gasteiger partial charge is 0.491 e. The van der Waals surface area contributed by atoms with Gasteiger partial charge in [0.2, 0.25) is 0 Å². The third kappa shape index (κ3) is 3.47. The van der Waals surface area contributed by atoms with Crippen LogP contribution in [0.2, 0.25) is 0 Å². The van der Waals surface area contributed by atoms with Gasteiger partial charge in [-0.25, -0.2) is 0 Å². The van der Waals surface area contributed by atoms with E-state index in [9.17, 15) is 5.11 Å². The molecule has 0 saturated heterocycles. The molecule has 3 nitrogen and oxygen atoms in total. The van der Waals surface area contributed by atoms with Crippen LogP contribution >= 0.6 is 0 Å². The molecule has 1 aliphatic carbocycles. The summed E-state index contributed by atoms with van der Waals surface area (Å²) in [5.74, 6) is 0.850. The summed E-state index contributed by atoms with van der Waals surface area (Å²) in [5.41, 5.74) is 1.50. The Morgan fingerprint density at radius 2 is 2.11 bits per heavy atom. The fraction of sp³-hybridized carbons (Fsp3) is 0.600. The third-order valence-corrected chi connectivity index (χ3v) is 3.64. The van der Waals surface area contributed by atoms with Crippen LogP contribution in [0.4, 0.5) is 0 Å². The molecule has 0 aromatic heterocycles. The lowest BCUT2D eigenvalue weighted by atomic mass is 10.2. The number of hydrogen-bond donors (Lipinski definition) is 2. The van der Waals surface area contributed by atoms with Crippen LogP contribution in [0.1, 0.15) is 25.8 Å². The monoisotopic (exact) mass is 249 g/mol. The molecule has 0 bridgehead atoms. The molecule has 2 rings (SSSR count). The second-order valence-corrected chi connectivity index (χ2v) is 5.88. The van der Waals surface area contributed by atoms with Gasteiger partial charge in [-0.2, -0.15) is 0 Å².